The summed E-state index contributed by atoms with van der Waals surface area (Å²) in [6, 6.07) is 16.1. The Balaban J connectivity index is 0.000000569. The Bertz CT molecular complexity index is 899. The van der Waals surface area contributed by atoms with E-state index in [2.05, 4.69) is 33.7 Å². The highest BCUT2D eigenvalue weighted by molar-refractivity contribution is 6.27. The third-order valence-electron chi connectivity index (χ3n) is 5.09. The molecule has 3 rings (SSSR count). The number of aliphatic carboxylic acids is 2. The molecule has 4 N–H and O–H groups in total. The maximum Gasteiger partial charge on any atom is 0.414 e. The fourth-order valence-corrected chi connectivity index (χ4v) is 3.41. The van der Waals surface area contributed by atoms with Crippen molar-refractivity contribution >= 4 is 29.2 Å². The van der Waals surface area contributed by atoms with Crippen LogP contribution in [0.25, 0.3) is 0 Å². The molecule has 33 heavy (non-hydrogen) atoms. The Morgan fingerprint density at radius 1 is 0.939 bits per heavy atom. The van der Waals surface area contributed by atoms with Crippen molar-refractivity contribution in [3.63, 3.8) is 0 Å². The van der Waals surface area contributed by atoms with Gasteiger partial charge in [0.15, 0.2) is 0 Å². The van der Waals surface area contributed by atoms with Gasteiger partial charge in [-0.2, -0.15) is 0 Å². The largest absolute Gasteiger partial charge is 0.497 e. The van der Waals surface area contributed by atoms with Crippen LogP contribution in [0.3, 0.4) is 0 Å². The van der Waals surface area contributed by atoms with Gasteiger partial charge in [0.05, 0.1) is 25.0 Å². The van der Waals surface area contributed by atoms with Gasteiger partial charge >= 0.3 is 11.9 Å². The number of methoxy groups -OCH3 is 1. The maximum absolute atomic E-state index is 12.3. The minimum absolute atomic E-state index is 0.00538. The molecule has 178 valence electrons. The standard InChI is InChI=1S/C22H29N3O2.C2H2O4/c1-27-19-11-9-18(10-12-19)13-14-23-17-22(26)24-20-7-3-4-8-21(20)25-15-5-2-6-16-25;3-1(4)2(5)6/h3-4,7-12,23H,2,5-6,13-17H2,1H3,(H,24,26);(H,3,4)(H,5,6). The monoisotopic (exact) mass is 457 g/mol. The number of anilines is 2. The van der Waals surface area contributed by atoms with Crippen molar-refractivity contribution in [2.75, 3.05) is 43.5 Å². The number of amides is 1. The number of carbonyl (C=O) groups is 3. The Hall–Kier alpha value is -3.59. The van der Waals surface area contributed by atoms with Gasteiger partial charge in [0, 0.05) is 13.1 Å². The van der Waals surface area contributed by atoms with Crippen molar-refractivity contribution in [2.45, 2.75) is 25.7 Å². The number of rotatable bonds is 8. The summed E-state index contributed by atoms with van der Waals surface area (Å²) in [5.41, 5.74) is 3.25. The second-order valence-corrected chi connectivity index (χ2v) is 7.50. The zero-order valence-corrected chi connectivity index (χ0v) is 18.8. The third-order valence-corrected chi connectivity index (χ3v) is 5.09. The number of nitrogens with one attached hydrogen (secondary N) is 2. The topological polar surface area (TPSA) is 128 Å². The van der Waals surface area contributed by atoms with Crippen molar-refractivity contribution in [2.24, 2.45) is 0 Å². The van der Waals surface area contributed by atoms with E-state index in [0.29, 0.717) is 6.54 Å². The lowest BCUT2D eigenvalue weighted by Gasteiger charge is -2.30. The molecule has 9 nitrogen and oxygen atoms in total. The van der Waals surface area contributed by atoms with Crippen molar-refractivity contribution in [3.8, 4) is 5.75 Å². The maximum atomic E-state index is 12.3. The average Bonchev–Trinajstić information content (AvgIpc) is 2.83. The van der Waals surface area contributed by atoms with E-state index in [-0.39, 0.29) is 5.91 Å². The number of carboxylic acids is 2. The van der Waals surface area contributed by atoms with Gasteiger partial charge in [-0.25, -0.2) is 9.59 Å². The number of benzene rings is 2. The smallest absolute Gasteiger partial charge is 0.414 e. The molecule has 2 aromatic rings. The summed E-state index contributed by atoms with van der Waals surface area (Å²) in [6.07, 6.45) is 4.61. The quantitative estimate of drug-likeness (QED) is 0.352. The predicted molar refractivity (Wildman–Crippen MR) is 126 cm³/mol. The Kier molecular flexibility index (Phi) is 10.7. The fourth-order valence-electron chi connectivity index (χ4n) is 3.41. The lowest BCUT2D eigenvalue weighted by molar-refractivity contribution is -0.159. The molecule has 1 aliphatic heterocycles. The average molecular weight is 458 g/mol. The minimum atomic E-state index is -1.82. The number of carbonyl (C=O) groups excluding carboxylic acids is 1. The Morgan fingerprint density at radius 2 is 1.58 bits per heavy atom. The molecular formula is C24H31N3O6. The van der Waals surface area contributed by atoms with Crippen LogP contribution in [0.4, 0.5) is 11.4 Å². The van der Waals surface area contributed by atoms with Crippen LogP contribution >= 0.6 is 0 Å². The molecule has 0 spiro atoms. The molecule has 1 fully saturated rings. The van der Waals surface area contributed by atoms with Crippen molar-refractivity contribution < 1.29 is 29.3 Å². The molecule has 2 aromatic carbocycles. The van der Waals surface area contributed by atoms with Crippen LogP contribution in [0, 0.1) is 0 Å². The van der Waals surface area contributed by atoms with Gasteiger partial charge in [-0.15, -0.1) is 0 Å². The number of hydrogen-bond donors (Lipinski definition) is 4. The van der Waals surface area contributed by atoms with Crippen LogP contribution in [0.1, 0.15) is 24.8 Å². The summed E-state index contributed by atoms with van der Waals surface area (Å²) in [5, 5.41) is 21.1. The zero-order valence-electron chi connectivity index (χ0n) is 18.8. The predicted octanol–water partition coefficient (Wildman–Crippen LogP) is 2.61. The highest BCUT2D eigenvalue weighted by Gasteiger charge is 2.15. The van der Waals surface area contributed by atoms with Gasteiger partial charge in [0.25, 0.3) is 0 Å². The molecule has 0 aliphatic carbocycles. The number of piperidine rings is 1. The fraction of sp³-hybridized carbons (Fsp3) is 0.375. The first kappa shape index (κ1) is 25.7. The van der Waals surface area contributed by atoms with Gasteiger partial charge in [0.2, 0.25) is 5.91 Å². The molecule has 1 saturated heterocycles. The van der Waals surface area contributed by atoms with E-state index < -0.39 is 11.9 Å². The highest BCUT2D eigenvalue weighted by atomic mass is 16.5. The van der Waals surface area contributed by atoms with E-state index in [1.165, 1.54) is 24.8 Å². The van der Waals surface area contributed by atoms with Crippen molar-refractivity contribution in [3.05, 3.63) is 54.1 Å². The molecule has 0 atom stereocenters. The van der Waals surface area contributed by atoms with Gasteiger partial charge in [0.1, 0.15) is 5.75 Å². The molecule has 1 amide bonds. The van der Waals surface area contributed by atoms with E-state index in [1.807, 2.05) is 30.3 Å². The Morgan fingerprint density at radius 3 is 2.18 bits per heavy atom. The number of ether oxygens (including phenoxy) is 1. The van der Waals surface area contributed by atoms with Crippen LogP contribution in [0.5, 0.6) is 5.75 Å². The summed E-state index contributed by atoms with van der Waals surface area (Å²) in [7, 11) is 1.67. The van der Waals surface area contributed by atoms with Gasteiger partial charge in [-0.1, -0.05) is 24.3 Å². The van der Waals surface area contributed by atoms with E-state index in [1.54, 1.807) is 7.11 Å². The van der Waals surface area contributed by atoms with E-state index in [9.17, 15) is 4.79 Å². The molecule has 0 saturated carbocycles. The number of hydrogen-bond acceptors (Lipinski definition) is 6. The summed E-state index contributed by atoms with van der Waals surface area (Å²) in [5.74, 6) is -2.79. The summed E-state index contributed by atoms with van der Waals surface area (Å²) in [6.45, 7) is 3.19. The first-order valence-electron chi connectivity index (χ1n) is 10.8. The highest BCUT2D eigenvalue weighted by Crippen LogP contribution is 2.28. The van der Waals surface area contributed by atoms with Crippen LogP contribution in [-0.4, -0.2) is 61.3 Å². The Labute approximate surface area is 193 Å². The lowest BCUT2D eigenvalue weighted by atomic mass is 10.1. The molecule has 0 bridgehead atoms. The van der Waals surface area contributed by atoms with E-state index in [4.69, 9.17) is 24.5 Å². The van der Waals surface area contributed by atoms with Crippen molar-refractivity contribution in [1.29, 1.82) is 0 Å². The second kappa shape index (κ2) is 13.7. The molecule has 0 unspecified atom stereocenters. The van der Waals surface area contributed by atoms with E-state index in [0.717, 1.165) is 43.2 Å². The first-order chi connectivity index (χ1) is 15.9. The van der Waals surface area contributed by atoms with Crippen LogP contribution in [-0.2, 0) is 20.8 Å². The SMILES string of the molecule is COc1ccc(CCNCC(=O)Nc2ccccc2N2CCCCC2)cc1.O=C(O)C(=O)O. The van der Waals surface area contributed by atoms with Crippen LogP contribution in [0.2, 0.25) is 0 Å². The minimum Gasteiger partial charge on any atom is -0.497 e. The van der Waals surface area contributed by atoms with E-state index >= 15 is 0 Å². The van der Waals surface area contributed by atoms with Crippen LogP contribution < -0.4 is 20.3 Å². The summed E-state index contributed by atoms with van der Waals surface area (Å²) < 4.78 is 5.16. The molecule has 1 aliphatic rings. The first-order valence-corrected chi connectivity index (χ1v) is 10.8. The summed E-state index contributed by atoms with van der Waals surface area (Å²) >= 11 is 0. The third kappa shape index (κ3) is 9.20. The molecular weight excluding hydrogens is 426 g/mol. The second-order valence-electron chi connectivity index (χ2n) is 7.50. The number of nitrogens with zero attached hydrogens (tertiary/aromatic N) is 1. The van der Waals surface area contributed by atoms with Gasteiger partial charge in [-0.05, 0) is 62.1 Å². The van der Waals surface area contributed by atoms with Gasteiger partial charge in [-0.3, -0.25) is 4.79 Å². The molecule has 0 aromatic heterocycles. The number of para-hydroxylation sites is 2. The van der Waals surface area contributed by atoms with Crippen LogP contribution in [0.15, 0.2) is 48.5 Å². The molecule has 0 radical (unpaired) electrons. The summed E-state index contributed by atoms with van der Waals surface area (Å²) in [4.78, 5) is 32.9. The lowest BCUT2D eigenvalue weighted by Crippen LogP contribution is -2.32. The normalized spacial score (nSPS) is 12.8. The molecule has 9 heteroatoms. The number of carboxylic acid groups (broad SMARTS) is 2. The zero-order chi connectivity index (χ0) is 24.1. The molecule has 1 heterocycles. The van der Waals surface area contributed by atoms with Gasteiger partial charge < -0.3 is 30.5 Å². The van der Waals surface area contributed by atoms with Crippen molar-refractivity contribution in [1.82, 2.24) is 5.32 Å².